The number of hydrogen-bond acceptors (Lipinski definition) is 2. The minimum absolute atomic E-state index is 0.171. The van der Waals surface area contributed by atoms with Crippen LogP contribution >= 0.6 is 23.2 Å². The fourth-order valence-corrected chi connectivity index (χ4v) is 2.35. The van der Waals surface area contributed by atoms with Gasteiger partial charge in [0.2, 0.25) is 5.91 Å². The number of nitrogens with zero attached hydrogens (tertiary/aromatic N) is 1. The average molecular weight is 342 g/mol. The Bertz CT molecular complexity index is 662. The van der Waals surface area contributed by atoms with E-state index in [2.05, 4.69) is 0 Å². The van der Waals surface area contributed by atoms with E-state index in [9.17, 15) is 9.18 Å². The van der Waals surface area contributed by atoms with Crippen molar-refractivity contribution in [3.8, 4) is 5.75 Å². The average Bonchev–Trinajstić information content (AvgIpc) is 2.52. The highest BCUT2D eigenvalue weighted by Crippen LogP contribution is 2.28. The monoisotopic (exact) mass is 341 g/mol. The molecule has 0 saturated carbocycles. The third-order valence-electron chi connectivity index (χ3n) is 3.07. The summed E-state index contributed by atoms with van der Waals surface area (Å²) in [4.78, 5) is 13.6. The van der Waals surface area contributed by atoms with Gasteiger partial charge in [-0.1, -0.05) is 23.7 Å². The Labute approximate surface area is 138 Å². The van der Waals surface area contributed by atoms with Gasteiger partial charge in [0.05, 0.1) is 13.7 Å². The Morgan fingerprint density at radius 1 is 1.23 bits per heavy atom. The van der Waals surface area contributed by atoms with Crippen LogP contribution in [0.2, 0.25) is 5.02 Å². The van der Waals surface area contributed by atoms with E-state index in [1.807, 2.05) is 0 Å². The normalized spacial score (nSPS) is 10.4. The number of ether oxygens (including phenoxy) is 1. The van der Waals surface area contributed by atoms with Crippen molar-refractivity contribution in [3.05, 3.63) is 58.9 Å². The summed E-state index contributed by atoms with van der Waals surface area (Å²) >= 11 is 11.7. The van der Waals surface area contributed by atoms with Gasteiger partial charge in [0.25, 0.3) is 0 Å². The molecular weight excluding hydrogens is 328 g/mol. The largest absolute Gasteiger partial charge is 0.497 e. The molecule has 0 saturated heterocycles. The van der Waals surface area contributed by atoms with Crippen molar-refractivity contribution in [2.75, 3.05) is 17.9 Å². The maximum Gasteiger partial charge on any atom is 0.242 e. The van der Waals surface area contributed by atoms with Crippen molar-refractivity contribution in [1.82, 2.24) is 0 Å². The summed E-state index contributed by atoms with van der Waals surface area (Å²) in [5.74, 6) is -0.247. The molecule has 0 heterocycles. The molecule has 0 aliphatic heterocycles. The van der Waals surface area contributed by atoms with Crippen LogP contribution in [-0.4, -0.2) is 18.9 Å². The summed E-state index contributed by atoms with van der Waals surface area (Å²) in [7, 11) is 1.52. The molecule has 3 nitrogen and oxygen atoms in total. The van der Waals surface area contributed by atoms with Gasteiger partial charge in [-0.25, -0.2) is 4.39 Å². The predicted octanol–water partition coefficient (Wildman–Crippen LogP) is 4.26. The van der Waals surface area contributed by atoms with Gasteiger partial charge in [0.1, 0.15) is 17.4 Å². The third kappa shape index (κ3) is 4.12. The van der Waals surface area contributed by atoms with E-state index in [-0.39, 0.29) is 24.1 Å². The molecule has 2 aromatic rings. The van der Waals surface area contributed by atoms with E-state index in [1.165, 1.54) is 24.1 Å². The van der Waals surface area contributed by atoms with E-state index in [0.29, 0.717) is 16.5 Å². The van der Waals surface area contributed by atoms with Crippen molar-refractivity contribution in [3.63, 3.8) is 0 Å². The van der Waals surface area contributed by atoms with Crippen LogP contribution in [0.1, 0.15) is 5.56 Å². The van der Waals surface area contributed by atoms with Crippen LogP contribution < -0.4 is 9.64 Å². The first-order chi connectivity index (χ1) is 10.5. The number of alkyl halides is 1. The lowest BCUT2D eigenvalue weighted by atomic mass is 10.2. The van der Waals surface area contributed by atoms with Gasteiger partial charge in [-0.2, -0.15) is 0 Å². The number of rotatable bonds is 5. The smallest absolute Gasteiger partial charge is 0.242 e. The minimum Gasteiger partial charge on any atom is -0.497 e. The number of anilines is 1. The highest BCUT2D eigenvalue weighted by atomic mass is 35.5. The lowest BCUT2D eigenvalue weighted by Crippen LogP contribution is -2.31. The Morgan fingerprint density at radius 2 is 1.91 bits per heavy atom. The van der Waals surface area contributed by atoms with E-state index in [0.717, 1.165) is 5.56 Å². The Morgan fingerprint density at radius 3 is 2.50 bits per heavy atom. The van der Waals surface area contributed by atoms with Crippen molar-refractivity contribution in [2.24, 2.45) is 0 Å². The second-order valence-electron chi connectivity index (χ2n) is 4.59. The van der Waals surface area contributed by atoms with Crippen LogP contribution in [0.15, 0.2) is 42.5 Å². The van der Waals surface area contributed by atoms with E-state index < -0.39 is 0 Å². The van der Waals surface area contributed by atoms with Gasteiger partial charge in [-0.05, 0) is 29.8 Å². The fraction of sp³-hybridized carbons (Fsp3) is 0.188. The lowest BCUT2D eigenvalue weighted by molar-refractivity contribution is -0.116. The molecule has 116 valence electrons. The zero-order valence-corrected chi connectivity index (χ0v) is 13.4. The highest BCUT2D eigenvalue weighted by Gasteiger charge is 2.17. The van der Waals surface area contributed by atoms with Gasteiger partial charge in [-0.15, -0.1) is 11.6 Å². The predicted molar refractivity (Wildman–Crippen MR) is 86.3 cm³/mol. The SMILES string of the molecule is COc1cc(Cl)cc(N(Cc2ccc(F)cc2)C(=O)CCl)c1. The van der Waals surface area contributed by atoms with Crippen molar-refractivity contribution < 1.29 is 13.9 Å². The summed E-state index contributed by atoms with van der Waals surface area (Å²) in [6.07, 6.45) is 0. The molecule has 0 aliphatic carbocycles. The number of methoxy groups -OCH3 is 1. The Kier molecular flexibility index (Phi) is 5.63. The third-order valence-corrected chi connectivity index (χ3v) is 3.52. The molecule has 0 N–H and O–H groups in total. The summed E-state index contributed by atoms with van der Waals surface area (Å²) in [6.45, 7) is 0.259. The quantitative estimate of drug-likeness (QED) is 0.760. The summed E-state index contributed by atoms with van der Waals surface area (Å²) in [5, 5.41) is 0.445. The van der Waals surface area contributed by atoms with Crippen molar-refractivity contribution in [1.29, 1.82) is 0 Å². The molecule has 22 heavy (non-hydrogen) atoms. The fourth-order valence-electron chi connectivity index (χ4n) is 1.99. The molecule has 0 fully saturated rings. The maximum atomic E-state index is 13.0. The number of benzene rings is 2. The van der Waals surface area contributed by atoms with E-state index in [4.69, 9.17) is 27.9 Å². The molecule has 0 atom stereocenters. The highest BCUT2D eigenvalue weighted by molar-refractivity contribution is 6.31. The van der Waals surface area contributed by atoms with Gasteiger partial charge >= 0.3 is 0 Å². The standard InChI is InChI=1S/C16H14Cl2FNO2/c1-22-15-7-12(18)6-14(8-15)20(16(21)9-17)10-11-2-4-13(19)5-3-11/h2-8H,9-10H2,1H3. The lowest BCUT2D eigenvalue weighted by Gasteiger charge is -2.23. The van der Waals surface area contributed by atoms with Gasteiger partial charge in [0, 0.05) is 16.8 Å². The molecule has 6 heteroatoms. The first-order valence-electron chi connectivity index (χ1n) is 6.49. The van der Waals surface area contributed by atoms with Gasteiger partial charge in [0.15, 0.2) is 0 Å². The molecule has 0 radical (unpaired) electrons. The summed E-state index contributed by atoms with van der Waals surface area (Å²) in [5.41, 5.74) is 1.35. The van der Waals surface area contributed by atoms with Crippen LogP contribution in [0.5, 0.6) is 5.75 Å². The molecular formula is C16H14Cl2FNO2. The van der Waals surface area contributed by atoms with Crippen LogP contribution in [0.4, 0.5) is 10.1 Å². The molecule has 2 rings (SSSR count). The summed E-state index contributed by atoms with van der Waals surface area (Å²) in [6, 6.07) is 10.9. The number of amides is 1. The van der Waals surface area contributed by atoms with Crippen molar-refractivity contribution in [2.45, 2.75) is 6.54 Å². The first-order valence-corrected chi connectivity index (χ1v) is 7.40. The summed E-state index contributed by atoms with van der Waals surface area (Å²) < 4.78 is 18.1. The molecule has 0 spiro atoms. The second kappa shape index (κ2) is 7.47. The van der Waals surface area contributed by atoms with Crippen LogP contribution in [0, 0.1) is 5.82 Å². The van der Waals surface area contributed by atoms with Gasteiger partial charge in [-0.3, -0.25) is 4.79 Å². The zero-order valence-electron chi connectivity index (χ0n) is 11.9. The van der Waals surface area contributed by atoms with Crippen LogP contribution in [-0.2, 0) is 11.3 Å². The van der Waals surface area contributed by atoms with Crippen LogP contribution in [0.3, 0.4) is 0 Å². The molecule has 2 aromatic carbocycles. The Balaban J connectivity index is 2.35. The molecule has 0 aromatic heterocycles. The van der Waals surface area contributed by atoms with Gasteiger partial charge < -0.3 is 9.64 Å². The zero-order chi connectivity index (χ0) is 16.1. The van der Waals surface area contributed by atoms with E-state index in [1.54, 1.807) is 30.3 Å². The number of halogens is 3. The molecule has 0 unspecified atom stereocenters. The van der Waals surface area contributed by atoms with E-state index >= 15 is 0 Å². The minimum atomic E-state index is -0.330. The molecule has 0 aliphatic rings. The number of hydrogen-bond donors (Lipinski definition) is 0. The maximum absolute atomic E-state index is 13.0. The van der Waals surface area contributed by atoms with Crippen molar-refractivity contribution >= 4 is 34.8 Å². The number of carbonyl (C=O) groups is 1. The number of carbonyl (C=O) groups excluding carboxylic acids is 1. The molecule has 0 bridgehead atoms. The molecule has 1 amide bonds. The first kappa shape index (κ1) is 16.6. The Hall–Kier alpha value is -1.78. The van der Waals surface area contributed by atoms with Crippen LogP contribution in [0.25, 0.3) is 0 Å². The second-order valence-corrected chi connectivity index (χ2v) is 5.29. The topological polar surface area (TPSA) is 29.5 Å².